The maximum absolute atomic E-state index is 11.7. The summed E-state index contributed by atoms with van der Waals surface area (Å²) in [5.74, 6) is -1.26. The predicted molar refractivity (Wildman–Crippen MR) is 118 cm³/mol. The van der Waals surface area contributed by atoms with Crippen molar-refractivity contribution in [2.45, 2.75) is 57.2 Å². The van der Waals surface area contributed by atoms with Crippen molar-refractivity contribution in [3.63, 3.8) is 0 Å². The molecule has 0 rings (SSSR count). The molecule has 0 bridgehead atoms. The molecule has 202 valence electrons. The van der Waals surface area contributed by atoms with Crippen LogP contribution < -0.4 is 5.32 Å². The SMILES string of the molecule is CC(C)(C)OC(=O)CCOCCOCCOCCOCCNC(=O)[C@H](O)[C@@H](O)[C@H](O)[C@H](O)CO. The molecule has 0 aliphatic carbocycles. The molecule has 0 radical (unpaired) electrons. The number of nitrogens with one attached hydrogen (secondary N) is 1. The molecule has 0 spiro atoms. The lowest BCUT2D eigenvalue weighted by Crippen LogP contribution is -2.52. The highest BCUT2D eigenvalue weighted by molar-refractivity contribution is 5.81. The lowest BCUT2D eigenvalue weighted by Gasteiger charge is -2.24. The number of rotatable bonds is 20. The first-order valence-corrected chi connectivity index (χ1v) is 11.1. The van der Waals surface area contributed by atoms with E-state index >= 15 is 0 Å². The summed E-state index contributed by atoms with van der Waals surface area (Å²) in [5.41, 5.74) is -0.506. The van der Waals surface area contributed by atoms with Crippen LogP contribution in [0, 0.1) is 0 Å². The van der Waals surface area contributed by atoms with Crippen molar-refractivity contribution >= 4 is 11.9 Å². The summed E-state index contributed by atoms with van der Waals surface area (Å²) in [5, 5.41) is 49.0. The Morgan fingerprint density at radius 1 is 0.765 bits per heavy atom. The maximum Gasteiger partial charge on any atom is 0.308 e. The summed E-state index contributed by atoms with van der Waals surface area (Å²) < 4.78 is 26.3. The summed E-state index contributed by atoms with van der Waals surface area (Å²) in [6, 6.07) is 0. The van der Waals surface area contributed by atoms with Crippen LogP contribution in [0.5, 0.6) is 0 Å². The minimum atomic E-state index is -1.98. The van der Waals surface area contributed by atoms with E-state index in [-0.39, 0.29) is 38.8 Å². The molecule has 0 aliphatic rings. The van der Waals surface area contributed by atoms with Crippen molar-refractivity contribution in [3.05, 3.63) is 0 Å². The van der Waals surface area contributed by atoms with Crippen LogP contribution in [0.15, 0.2) is 0 Å². The van der Waals surface area contributed by atoms with Gasteiger partial charge in [-0.15, -0.1) is 0 Å². The number of amides is 1. The normalized spacial score (nSPS) is 15.4. The Kier molecular flexibility index (Phi) is 18.1. The Bertz CT molecular complexity index is 542. The zero-order chi connectivity index (χ0) is 26.0. The molecule has 0 heterocycles. The number of hydrogen-bond acceptors (Lipinski definition) is 12. The molecular formula is C21H41NO12. The molecule has 1 amide bonds. The zero-order valence-corrected chi connectivity index (χ0v) is 20.2. The average molecular weight is 500 g/mol. The van der Waals surface area contributed by atoms with Gasteiger partial charge in [0.2, 0.25) is 0 Å². The molecule has 13 nitrogen and oxygen atoms in total. The van der Waals surface area contributed by atoms with E-state index in [0.717, 1.165) is 0 Å². The second-order valence-electron chi connectivity index (χ2n) is 8.25. The molecule has 0 fully saturated rings. The van der Waals surface area contributed by atoms with Crippen molar-refractivity contribution in [1.29, 1.82) is 0 Å². The van der Waals surface area contributed by atoms with E-state index in [0.29, 0.717) is 33.0 Å². The van der Waals surface area contributed by atoms with Gasteiger partial charge in [0.15, 0.2) is 6.10 Å². The van der Waals surface area contributed by atoms with Crippen molar-refractivity contribution in [2.75, 3.05) is 66.0 Å². The Labute approximate surface area is 199 Å². The quantitative estimate of drug-likeness (QED) is 0.0753. The molecule has 0 aromatic heterocycles. The van der Waals surface area contributed by atoms with E-state index in [9.17, 15) is 30.0 Å². The molecular weight excluding hydrogens is 458 g/mol. The third-order valence-electron chi connectivity index (χ3n) is 4.06. The van der Waals surface area contributed by atoms with E-state index in [2.05, 4.69) is 5.32 Å². The molecule has 0 saturated carbocycles. The van der Waals surface area contributed by atoms with Gasteiger partial charge < -0.3 is 54.5 Å². The molecule has 4 atom stereocenters. The molecule has 34 heavy (non-hydrogen) atoms. The second kappa shape index (κ2) is 18.9. The van der Waals surface area contributed by atoms with Crippen LogP contribution in [-0.2, 0) is 33.3 Å². The summed E-state index contributed by atoms with van der Waals surface area (Å²) >= 11 is 0. The summed E-state index contributed by atoms with van der Waals surface area (Å²) in [6.07, 6.45) is -7.31. The molecule has 0 aromatic carbocycles. The fraction of sp³-hybridized carbons (Fsp3) is 0.905. The number of ether oxygens (including phenoxy) is 5. The van der Waals surface area contributed by atoms with E-state index < -0.39 is 42.5 Å². The minimum Gasteiger partial charge on any atom is -0.460 e. The molecule has 13 heteroatoms. The fourth-order valence-corrected chi connectivity index (χ4v) is 2.34. The Balaban J connectivity index is 3.51. The predicted octanol–water partition coefficient (Wildman–Crippen LogP) is -2.66. The highest BCUT2D eigenvalue weighted by atomic mass is 16.6. The van der Waals surface area contributed by atoms with Crippen LogP contribution in [0.3, 0.4) is 0 Å². The number of aliphatic hydroxyl groups excluding tert-OH is 5. The Morgan fingerprint density at radius 3 is 1.71 bits per heavy atom. The first-order chi connectivity index (χ1) is 16.0. The zero-order valence-electron chi connectivity index (χ0n) is 20.2. The van der Waals surface area contributed by atoms with E-state index in [1.165, 1.54) is 0 Å². The van der Waals surface area contributed by atoms with Gasteiger partial charge in [-0.3, -0.25) is 9.59 Å². The first-order valence-electron chi connectivity index (χ1n) is 11.1. The van der Waals surface area contributed by atoms with Crippen LogP contribution in [0.25, 0.3) is 0 Å². The van der Waals surface area contributed by atoms with Crippen LogP contribution in [0.1, 0.15) is 27.2 Å². The standard InChI is InChI=1S/C21H41NO12/c1-21(2,3)34-16(25)4-6-30-8-10-32-12-13-33-11-9-31-7-5-22-20(29)19(28)18(27)17(26)15(24)14-23/h15,17-19,23-24,26-28H,4-14H2,1-3H3,(H,22,29)/t15-,17-,18+,19-/m1/s1. The average Bonchev–Trinajstić information content (AvgIpc) is 2.78. The third kappa shape index (κ3) is 17.1. The summed E-state index contributed by atoms with van der Waals surface area (Å²) in [6.45, 7) is 7.00. The lowest BCUT2D eigenvalue weighted by atomic mass is 10.0. The third-order valence-corrected chi connectivity index (χ3v) is 4.06. The van der Waals surface area contributed by atoms with Crippen molar-refractivity contribution in [2.24, 2.45) is 0 Å². The number of aliphatic hydroxyl groups is 5. The van der Waals surface area contributed by atoms with E-state index in [4.69, 9.17) is 28.8 Å². The molecule has 0 saturated heterocycles. The van der Waals surface area contributed by atoms with Crippen molar-refractivity contribution in [3.8, 4) is 0 Å². The van der Waals surface area contributed by atoms with Crippen molar-refractivity contribution < 1.29 is 58.8 Å². The van der Waals surface area contributed by atoms with Gasteiger partial charge in [0.25, 0.3) is 5.91 Å². The van der Waals surface area contributed by atoms with Gasteiger partial charge in [-0.1, -0.05) is 0 Å². The maximum atomic E-state index is 11.7. The number of carbonyl (C=O) groups excluding carboxylic acids is 2. The lowest BCUT2D eigenvalue weighted by molar-refractivity contribution is -0.156. The van der Waals surface area contributed by atoms with E-state index in [1.54, 1.807) is 20.8 Å². The smallest absolute Gasteiger partial charge is 0.308 e. The highest BCUT2D eigenvalue weighted by Gasteiger charge is 2.33. The summed E-state index contributed by atoms with van der Waals surface area (Å²) in [4.78, 5) is 23.2. The van der Waals surface area contributed by atoms with Gasteiger partial charge in [0.1, 0.15) is 23.9 Å². The molecule has 0 aliphatic heterocycles. The van der Waals surface area contributed by atoms with Gasteiger partial charge in [-0.25, -0.2) is 0 Å². The molecule has 6 N–H and O–H groups in total. The van der Waals surface area contributed by atoms with Gasteiger partial charge in [0.05, 0.1) is 65.9 Å². The van der Waals surface area contributed by atoms with Crippen LogP contribution in [-0.4, -0.2) is 133 Å². The monoisotopic (exact) mass is 499 g/mol. The first kappa shape index (κ1) is 32.6. The second-order valence-corrected chi connectivity index (χ2v) is 8.25. The van der Waals surface area contributed by atoms with Crippen molar-refractivity contribution in [1.82, 2.24) is 5.32 Å². The number of esters is 1. The fourth-order valence-electron chi connectivity index (χ4n) is 2.34. The Hall–Kier alpha value is -1.42. The van der Waals surface area contributed by atoms with Crippen LogP contribution >= 0.6 is 0 Å². The van der Waals surface area contributed by atoms with Gasteiger partial charge in [-0.05, 0) is 20.8 Å². The van der Waals surface area contributed by atoms with Gasteiger partial charge >= 0.3 is 5.97 Å². The topological polar surface area (TPSA) is 193 Å². The largest absolute Gasteiger partial charge is 0.460 e. The van der Waals surface area contributed by atoms with Crippen LogP contribution in [0.4, 0.5) is 0 Å². The Morgan fingerprint density at radius 2 is 1.24 bits per heavy atom. The van der Waals surface area contributed by atoms with Crippen LogP contribution in [0.2, 0.25) is 0 Å². The summed E-state index contributed by atoms with van der Waals surface area (Å²) in [7, 11) is 0. The van der Waals surface area contributed by atoms with E-state index in [1.807, 2.05) is 0 Å². The number of hydrogen-bond donors (Lipinski definition) is 6. The van der Waals surface area contributed by atoms with Gasteiger partial charge in [-0.2, -0.15) is 0 Å². The van der Waals surface area contributed by atoms with Gasteiger partial charge in [0, 0.05) is 6.54 Å². The molecule has 0 unspecified atom stereocenters. The number of carbonyl (C=O) groups is 2. The molecule has 0 aromatic rings. The minimum absolute atomic E-state index is 0.0400. The highest BCUT2D eigenvalue weighted by Crippen LogP contribution is 2.08.